The van der Waals surface area contributed by atoms with E-state index in [4.69, 9.17) is 0 Å². The lowest BCUT2D eigenvalue weighted by atomic mass is 10.1. The highest BCUT2D eigenvalue weighted by atomic mass is 15.4. The minimum atomic E-state index is 0.532. The number of rotatable bonds is 4. The lowest BCUT2D eigenvalue weighted by molar-refractivity contribution is 0.406. The van der Waals surface area contributed by atoms with Gasteiger partial charge in [0.05, 0.1) is 11.9 Å². The van der Waals surface area contributed by atoms with E-state index in [1.165, 1.54) is 0 Å². The van der Waals surface area contributed by atoms with Gasteiger partial charge in [0, 0.05) is 45.1 Å². The molecule has 0 radical (unpaired) electrons. The Morgan fingerprint density at radius 3 is 2.65 bits per heavy atom. The molecule has 0 atom stereocenters. The molecule has 3 rings (SSSR count). The minimum Gasteiger partial charge on any atom is -0.341 e. The molecule has 0 spiro atoms. The van der Waals surface area contributed by atoms with E-state index in [9.17, 15) is 0 Å². The molecule has 0 saturated carbocycles. The summed E-state index contributed by atoms with van der Waals surface area (Å²) in [6.07, 6.45) is 7.59. The second kappa shape index (κ2) is 5.96. The molecule has 0 unspecified atom stereocenters. The minimum absolute atomic E-state index is 0.532. The van der Waals surface area contributed by atoms with E-state index in [0.29, 0.717) is 6.04 Å². The van der Waals surface area contributed by atoms with Crippen molar-refractivity contribution in [2.24, 2.45) is 7.05 Å². The summed E-state index contributed by atoms with van der Waals surface area (Å²) in [7, 11) is 1.92. The Bertz CT molecular complexity index is 531. The third kappa shape index (κ3) is 2.93. The molecule has 1 saturated heterocycles. The summed E-state index contributed by atoms with van der Waals surface area (Å²) in [6, 6.07) is 2.38. The number of aromatic nitrogens is 5. The maximum atomic E-state index is 4.30. The zero-order valence-corrected chi connectivity index (χ0v) is 11.6. The first-order valence-electron chi connectivity index (χ1n) is 6.92. The molecule has 20 heavy (non-hydrogen) atoms. The van der Waals surface area contributed by atoms with Gasteiger partial charge in [0.25, 0.3) is 0 Å². The van der Waals surface area contributed by atoms with Crippen LogP contribution in [0.5, 0.6) is 0 Å². The zero-order chi connectivity index (χ0) is 13.8. The molecule has 1 aliphatic rings. The lowest BCUT2D eigenvalue weighted by Gasteiger charge is -2.32. The molecule has 7 nitrogen and oxygen atoms in total. The lowest BCUT2D eigenvalue weighted by Crippen LogP contribution is -2.43. The number of hydrogen-bond acceptors (Lipinski definition) is 6. The number of nitrogens with zero attached hydrogens (tertiary/aromatic N) is 6. The van der Waals surface area contributed by atoms with Crippen LogP contribution < -0.4 is 10.2 Å². The van der Waals surface area contributed by atoms with Crippen molar-refractivity contribution in [3.63, 3.8) is 0 Å². The molecule has 0 aliphatic carbocycles. The highest BCUT2D eigenvalue weighted by molar-refractivity contribution is 5.29. The van der Waals surface area contributed by atoms with Crippen LogP contribution in [0.1, 0.15) is 18.5 Å². The van der Waals surface area contributed by atoms with Crippen molar-refractivity contribution in [3.05, 3.63) is 30.4 Å². The van der Waals surface area contributed by atoms with Gasteiger partial charge in [-0.1, -0.05) is 5.21 Å². The number of piperidine rings is 1. The average molecular weight is 273 g/mol. The van der Waals surface area contributed by atoms with Gasteiger partial charge >= 0.3 is 0 Å². The topological polar surface area (TPSA) is 71.8 Å². The van der Waals surface area contributed by atoms with Crippen LogP contribution in [0.3, 0.4) is 0 Å². The standard InChI is InChI=1S/C13H19N7/c1-19-12(10-17-18-19)9-16-11-3-7-20(8-4-11)13-14-5-2-6-15-13/h2,5-6,10-11,16H,3-4,7-9H2,1H3. The Kier molecular flexibility index (Phi) is 3.87. The molecular formula is C13H19N7. The van der Waals surface area contributed by atoms with Crippen molar-refractivity contribution in [1.82, 2.24) is 30.3 Å². The second-order valence-electron chi connectivity index (χ2n) is 5.04. The Morgan fingerprint density at radius 1 is 1.25 bits per heavy atom. The Balaban J connectivity index is 1.48. The quantitative estimate of drug-likeness (QED) is 0.867. The fourth-order valence-corrected chi connectivity index (χ4v) is 2.46. The second-order valence-corrected chi connectivity index (χ2v) is 5.04. The van der Waals surface area contributed by atoms with Crippen molar-refractivity contribution in [1.29, 1.82) is 0 Å². The Morgan fingerprint density at radius 2 is 2.00 bits per heavy atom. The molecular weight excluding hydrogens is 254 g/mol. The van der Waals surface area contributed by atoms with Gasteiger partial charge in [-0.3, -0.25) is 4.68 Å². The highest BCUT2D eigenvalue weighted by Crippen LogP contribution is 2.15. The van der Waals surface area contributed by atoms with E-state index in [2.05, 4.69) is 30.5 Å². The average Bonchev–Trinajstić information content (AvgIpc) is 2.92. The first-order valence-corrected chi connectivity index (χ1v) is 6.92. The van der Waals surface area contributed by atoms with E-state index >= 15 is 0 Å². The summed E-state index contributed by atoms with van der Waals surface area (Å²) in [5, 5.41) is 11.4. The van der Waals surface area contributed by atoms with Crippen molar-refractivity contribution >= 4 is 5.95 Å². The van der Waals surface area contributed by atoms with Gasteiger partial charge in [-0.05, 0) is 18.9 Å². The van der Waals surface area contributed by atoms with E-state index in [0.717, 1.165) is 44.1 Å². The van der Waals surface area contributed by atoms with Crippen LogP contribution in [0.4, 0.5) is 5.95 Å². The van der Waals surface area contributed by atoms with Crippen LogP contribution >= 0.6 is 0 Å². The largest absolute Gasteiger partial charge is 0.341 e. The van der Waals surface area contributed by atoms with Crippen molar-refractivity contribution < 1.29 is 0 Å². The van der Waals surface area contributed by atoms with Crippen LogP contribution in [0, 0.1) is 0 Å². The van der Waals surface area contributed by atoms with Gasteiger partial charge in [0.15, 0.2) is 0 Å². The van der Waals surface area contributed by atoms with Crippen LogP contribution in [-0.4, -0.2) is 44.1 Å². The third-order valence-electron chi connectivity index (χ3n) is 3.71. The maximum absolute atomic E-state index is 4.30. The summed E-state index contributed by atoms with van der Waals surface area (Å²) in [4.78, 5) is 10.8. The molecule has 0 bridgehead atoms. The molecule has 1 aliphatic heterocycles. The normalized spacial score (nSPS) is 16.6. The molecule has 3 heterocycles. The number of aryl methyl sites for hydroxylation is 1. The summed E-state index contributed by atoms with van der Waals surface area (Å²) in [5.41, 5.74) is 1.11. The Labute approximate surface area is 118 Å². The van der Waals surface area contributed by atoms with Crippen LogP contribution in [-0.2, 0) is 13.6 Å². The van der Waals surface area contributed by atoms with E-state index < -0.39 is 0 Å². The molecule has 7 heteroatoms. The fourth-order valence-electron chi connectivity index (χ4n) is 2.46. The molecule has 2 aromatic heterocycles. The SMILES string of the molecule is Cn1nncc1CNC1CCN(c2ncccn2)CC1. The number of anilines is 1. The third-order valence-corrected chi connectivity index (χ3v) is 3.71. The number of nitrogens with one attached hydrogen (secondary N) is 1. The van der Waals surface area contributed by atoms with Crippen molar-refractivity contribution in [2.75, 3.05) is 18.0 Å². The van der Waals surface area contributed by atoms with Gasteiger partial charge in [0.2, 0.25) is 5.95 Å². The molecule has 2 aromatic rings. The van der Waals surface area contributed by atoms with Crippen LogP contribution in [0.15, 0.2) is 24.7 Å². The van der Waals surface area contributed by atoms with Gasteiger partial charge in [0.1, 0.15) is 0 Å². The van der Waals surface area contributed by atoms with E-state index in [1.807, 2.05) is 13.1 Å². The fraction of sp³-hybridized carbons (Fsp3) is 0.538. The molecule has 1 N–H and O–H groups in total. The van der Waals surface area contributed by atoms with E-state index in [-0.39, 0.29) is 0 Å². The van der Waals surface area contributed by atoms with Crippen molar-refractivity contribution in [2.45, 2.75) is 25.4 Å². The van der Waals surface area contributed by atoms with Crippen molar-refractivity contribution in [3.8, 4) is 0 Å². The molecule has 106 valence electrons. The monoisotopic (exact) mass is 273 g/mol. The highest BCUT2D eigenvalue weighted by Gasteiger charge is 2.20. The summed E-state index contributed by atoms with van der Waals surface area (Å²) in [6.45, 7) is 2.80. The molecule has 1 fully saturated rings. The van der Waals surface area contributed by atoms with Gasteiger partial charge in [-0.2, -0.15) is 0 Å². The first kappa shape index (κ1) is 13.0. The van der Waals surface area contributed by atoms with Gasteiger partial charge < -0.3 is 10.2 Å². The first-order chi connectivity index (χ1) is 9.83. The summed E-state index contributed by atoms with van der Waals surface area (Å²) < 4.78 is 1.81. The summed E-state index contributed by atoms with van der Waals surface area (Å²) >= 11 is 0. The smallest absolute Gasteiger partial charge is 0.225 e. The summed E-state index contributed by atoms with van der Waals surface area (Å²) in [5.74, 6) is 0.835. The predicted molar refractivity (Wildman–Crippen MR) is 75.1 cm³/mol. The Hall–Kier alpha value is -2.02. The van der Waals surface area contributed by atoms with Crippen LogP contribution in [0.2, 0.25) is 0 Å². The van der Waals surface area contributed by atoms with E-state index in [1.54, 1.807) is 23.3 Å². The predicted octanol–water partition coefficient (Wildman–Crippen LogP) is 0.364. The molecule has 0 amide bonds. The van der Waals surface area contributed by atoms with Gasteiger partial charge in [-0.15, -0.1) is 5.10 Å². The number of hydrogen-bond donors (Lipinski definition) is 1. The molecule has 0 aromatic carbocycles. The van der Waals surface area contributed by atoms with Gasteiger partial charge in [-0.25, -0.2) is 9.97 Å². The maximum Gasteiger partial charge on any atom is 0.225 e. The zero-order valence-electron chi connectivity index (χ0n) is 11.6. The van der Waals surface area contributed by atoms with Crippen LogP contribution in [0.25, 0.3) is 0 Å².